The lowest BCUT2D eigenvalue weighted by atomic mass is 10.1. The van der Waals surface area contributed by atoms with E-state index >= 15 is 0 Å². The molecule has 2 rings (SSSR count). The molecule has 0 saturated heterocycles. The van der Waals surface area contributed by atoms with Crippen LogP contribution in [0.1, 0.15) is 11.3 Å². The van der Waals surface area contributed by atoms with Crippen molar-refractivity contribution in [2.75, 3.05) is 6.54 Å². The first-order valence-corrected chi connectivity index (χ1v) is 6.84. The molecule has 5 heteroatoms. The van der Waals surface area contributed by atoms with Crippen LogP contribution in [0, 0.1) is 6.92 Å². The van der Waals surface area contributed by atoms with E-state index in [2.05, 4.69) is 9.97 Å². The summed E-state index contributed by atoms with van der Waals surface area (Å²) < 4.78 is 0. The Bertz CT molecular complexity index is 546. The van der Waals surface area contributed by atoms with Crippen LogP contribution in [-0.2, 0) is 6.42 Å². The van der Waals surface area contributed by atoms with E-state index in [1.165, 1.54) is 11.8 Å². The Balaban J connectivity index is 2.19. The lowest BCUT2D eigenvalue weighted by Gasteiger charge is -2.05. The third-order valence-electron chi connectivity index (χ3n) is 2.40. The van der Waals surface area contributed by atoms with E-state index in [0.29, 0.717) is 11.7 Å². The lowest BCUT2D eigenvalue weighted by Crippen LogP contribution is -2.02. The highest BCUT2D eigenvalue weighted by Crippen LogP contribution is 2.31. The van der Waals surface area contributed by atoms with Crippen LogP contribution in [0.5, 0.6) is 0 Å². The standard InChI is InChI=1S/C13H14ClN3S/c1-9-5-7-16-13(17-9)18-12-3-2-10(4-6-15)8-11(12)14/h2-3,5,7-8H,4,6,15H2,1H3. The highest BCUT2D eigenvalue weighted by Gasteiger charge is 2.06. The number of rotatable bonds is 4. The third-order valence-corrected chi connectivity index (χ3v) is 3.78. The van der Waals surface area contributed by atoms with Gasteiger partial charge in [0.15, 0.2) is 5.16 Å². The molecule has 0 aliphatic heterocycles. The van der Waals surface area contributed by atoms with E-state index in [1.54, 1.807) is 6.20 Å². The van der Waals surface area contributed by atoms with Gasteiger partial charge in [0.25, 0.3) is 0 Å². The summed E-state index contributed by atoms with van der Waals surface area (Å²) in [5.74, 6) is 0. The number of halogens is 1. The summed E-state index contributed by atoms with van der Waals surface area (Å²) in [6.07, 6.45) is 2.59. The second-order valence-electron chi connectivity index (χ2n) is 3.89. The fourth-order valence-electron chi connectivity index (χ4n) is 1.52. The van der Waals surface area contributed by atoms with Gasteiger partial charge in [-0.05, 0) is 55.4 Å². The lowest BCUT2D eigenvalue weighted by molar-refractivity contribution is 0.931. The molecule has 1 aromatic heterocycles. The van der Waals surface area contributed by atoms with Gasteiger partial charge in [-0.25, -0.2) is 9.97 Å². The molecule has 94 valence electrons. The summed E-state index contributed by atoms with van der Waals surface area (Å²) in [7, 11) is 0. The second kappa shape index (κ2) is 6.18. The summed E-state index contributed by atoms with van der Waals surface area (Å²) in [5, 5.41) is 1.43. The Morgan fingerprint density at radius 1 is 1.33 bits per heavy atom. The van der Waals surface area contributed by atoms with Gasteiger partial charge in [0.2, 0.25) is 0 Å². The minimum Gasteiger partial charge on any atom is -0.330 e. The summed E-state index contributed by atoms with van der Waals surface area (Å²) in [5.41, 5.74) is 7.62. The normalized spacial score (nSPS) is 10.6. The molecule has 0 saturated carbocycles. The molecule has 2 aromatic rings. The van der Waals surface area contributed by atoms with Crippen molar-refractivity contribution in [1.29, 1.82) is 0 Å². The predicted molar refractivity (Wildman–Crippen MR) is 75.1 cm³/mol. The Labute approximate surface area is 116 Å². The zero-order valence-corrected chi connectivity index (χ0v) is 11.6. The number of benzene rings is 1. The van der Waals surface area contributed by atoms with Crippen molar-refractivity contribution in [2.24, 2.45) is 5.73 Å². The molecule has 1 heterocycles. The van der Waals surface area contributed by atoms with E-state index in [9.17, 15) is 0 Å². The van der Waals surface area contributed by atoms with Gasteiger partial charge in [0, 0.05) is 16.8 Å². The Kier molecular flexibility index (Phi) is 4.58. The maximum Gasteiger partial charge on any atom is 0.192 e. The minimum absolute atomic E-state index is 0.629. The number of hydrogen-bond acceptors (Lipinski definition) is 4. The van der Waals surface area contributed by atoms with Gasteiger partial charge in [-0.15, -0.1) is 0 Å². The van der Waals surface area contributed by atoms with Crippen LogP contribution in [0.3, 0.4) is 0 Å². The van der Waals surface area contributed by atoms with Crippen LogP contribution < -0.4 is 5.73 Å². The van der Waals surface area contributed by atoms with Crippen LogP contribution in [0.4, 0.5) is 0 Å². The van der Waals surface area contributed by atoms with Crippen LogP contribution in [0.2, 0.25) is 5.02 Å². The first-order valence-electron chi connectivity index (χ1n) is 5.65. The molecular weight excluding hydrogens is 266 g/mol. The Morgan fingerprint density at radius 3 is 2.83 bits per heavy atom. The Morgan fingerprint density at radius 2 is 2.17 bits per heavy atom. The number of nitrogens with zero attached hydrogens (tertiary/aromatic N) is 2. The SMILES string of the molecule is Cc1ccnc(Sc2ccc(CCN)cc2Cl)n1. The van der Waals surface area contributed by atoms with Crippen LogP contribution >= 0.6 is 23.4 Å². The molecule has 0 fully saturated rings. The molecule has 0 radical (unpaired) electrons. The number of hydrogen-bond donors (Lipinski definition) is 1. The van der Waals surface area contributed by atoms with E-state index in [1.807, 2.05) is 31.2 Å². The molecule has 0 aliphatic rings. The van der Waals surface area contributed by atoms with Gasteiger partial charge in [0.1, 0.15) is 0 Å². The summed E-state index contributed by atoms with van der Waals surface area (Å²) in [4.78, 5) is 9.51. The molecule has 0 bridgehead atoms. The van der Waals surface area contributed by atoms with Crippen molar-refractivity contribution in [1.82, 2.24) is 9.97 Å². The molecule has 0 amide bonds. The summed E-state index contributed by atoms with van der Waals surface area (Å²) in [6.45, 7) is 2.57. The quantitative estimate of drug-likeness (QED) is 0.874. The third kappa shape index (κ3) is 3.45. The summed E-state index contributed by atoms with van der Waals surface area (Å²) >= 11 is 7.71. The fraction of sp³-hybridized carbons (Fsp3) is 0.231. The predicted octanol–water partition coefficient (Wildman–Crippen LogP) is 3.09. The topological polar surface area (TPSA) is 51.8 Å². The van der Waals surface area contributed by atoms with Crippen LogP contribution in [-0.4, -0.2) is 16.5 Å². The minimum atomic E-state index is 0.629. The van der Waals surface area contributed by atoms with Gasteiger partial charge in [-0.3, -0.25) is 0 Å². The molecule has 1 aromatic carbocycles. The van der Waals surface area contributed by atoms with Gasteiger partial charge in [-0.2, -0.15) is 0 Å². The first-order chi connectivity index (χ1) is 8.69. The highest BCUT2D eigenvalue weighted by atomic mass is 35.5. The van der Waals surface area contributed by atoms with Crippen molar-refractivity contribution >= 4 is 23.4 Å². The van der Waals surface area contributed by atoms with E-state index in [4.69, 9.17) is 17.3 Å². The average molecular weight is 280 g/mol. The van der Waals surface area contributed by atoms with Crippen molar-refractivity contribution in [3.63, 3.8) is 0 Å². The van der Waals surface area contributed by atoms with Gasteiger partial charge in [0.05, 0.1) is 5.02 Å². The molecule has 0 spiro atoms. The highest BCUT2D eigenvalue weighted by molar-refractivity contribution is 7.99. The van der Waals surface area contributed by atoms with E-state index < -0.39 is 0 Å². The smallest absolute Gasteiger partial charge is 0.192 e. The van der Waals surface area contributed by atoms with Crippen LogP contribution in [0.15, 0.2) is 40.5 Å². The van der Waals surface area contributed by atoms with Gasteiger partial charge < -0.3 is 5.73 Å². The fourth-order valence-corrected chi connectivity index (χ4v) is 2.63. The maximum atomic E-state index is 6.24. The van der Waals surface area contributed by atoms with Gasteiger partial charge in [-0.1, -0.05) is 17.7 Å². The zero-order chi connectivity index (χ0) is 13.0. The molecule has 0 unspecified atom stereocenters. The van der Waals surface area contributed by atoms with Crippen LogP contribution in [0.25, 0.3) is 0 Å². The monoisotopic (exact) mass is 279 g/mol. The molecular formula is C13H14ClN3S. The molecule has 0 aliphatic carbocycles. The number of aromatic nitrogens is 2. The first kappa shape index (κ1) is 13.3. The largest absolute Gasteiger partial charge is 0.330 e. The molecule has 2 N–H and O–H groups in total. The number of nitrogens with two attached hydrogens (primary N) is 1. The molecule has 0 atom stereocenters. The zero-order valence-electron chi connectivity index (χ0n) is 10.1. The van der Waals surface area contributed by atoms with E-state index in [0.717, 1.165) is 27.6 Å². The Hall–Kier alpha value is -1.10. The van der Waals surface area contributed by atoms with Crippen molar-refractivity contribution in [3.8, 4) is 0 Å². The molecule has 3 nitrogen and oxygen atoms in total. The average Bonchev–Trinajstić information content (AvgIpc) is 2.33. The summed E-state index contributed by atoms with van der Waals surface area (Å²) in [6, 6.07) is 7.85. The maximum absolute atomic E-state index is 6.24. The van der Waals surface area contributed by atoms with Crippen molar-refractivity contribution < 1.29 is 0 Å². The van der Waals surface area contributed by atoms with Crippen molar-refractivity contribution in [2.45, 2.75) is 23.4 Å². The van der Waals surface area contributed by atoms with E-state index in [-0.39, 0.29) is 0 Å². The van der Waals surface area contributed by atoms with Gasteiger partial charge >= 0.3 is 0 Å². The molecule has 18 heavy (non-hydrogen) atoms. The van der Waals surface area contributed by atoms with Crippen molar-refractivity contribution in [3.05, 3.63) is 46.7 Å². The second-order valence-corrected chi connectivity index (χ2v) is 5.30. The number of aryl methyl sites for hydroxylation is 1.